The number of carbonyl (C=O) groups is 2. The fourth-order valence-corrected chi connectivity index (χ4v) is 2.26. The Labute approximate surface area is 113 Å². The molecule has 5 heteroatoms. The molecule has 0 fully saturated rings. The number of ether oxygens (including phenoxy) is 2. The molecule has 18 heavy (non-hydrogen) atoms. The summed E-state index contributed by atoms with van der Waals surface area (Å²) in [5, 5.41) is 0. The highest BCUT2D eigenvalue weighted by atomic mass is 79.9. The van der Waals surface area contributed by atoms with Crippen molar-refractivity contribution in [2.24, 2.45) is 0 Å². The number of carbonyl (C=O) groups excluding carboxylic acids is 2. The third kappa shape index (κ3) is 2.90. The summed E-state index contributed by atoms with van der Waals surface area (Å²) in [4.78, 5) is 23.0. The number of esters is 1. The zero-order valence-electron chi connectivity index (χ0n) is 9.94. The molecule has 0 saturated carbocycles. The molecule has 96 valence electrons. The zero-order chi connectivity index (χ0) is 13.1. The van der Waals surface area contributed by atoms with Crippen LogP contribution < -0.4 is 4.74 Å². The maximum atomic E-state index is 11.9. The lowest BCUT2D eigenvalue weighted by Gasteiger charge is -2.25. The fourth-order valence-electron chi connectivity index (χ4n) is 1.90. The minimum atomic E-state index is -0.285. The van der Waals surface area contributed by atoms with Crippen LogP contribution in [0.4, 0.5) is 0 Å². The SMILES string of the molecule is COC(=O)CC[C@H]1CC(=O)c2cc(Br)ccc2O1. The largest absolute Gasteiger partial charge is 0.489 e. The van der Waals surface area contributed by atoms with Gasteiger partial charge in [0.15, 0.2) is 5.78 Å². The molecule has 1 aromatic carbocycles. The summed E-state index contributed by atoms with van der Waals surface area (Å²) in [7, 11) is 1.35. The van der Waals surface area contributed by atoms with E-state index in [2.05, 4.69) is 20.7 Å². The predicted octanol–water partition coefficient (Wildman–Crippen LogP) is 2.74. The zero-order valence-corrected chi connectivity index (χ0v) is 11.5. The number of Topliss-reactive ketones (excluding diaryl/α,β-unsaturated/α-hetero) is 1. The Morgan fingerprint density at radius 3 is 3.06 bits per heavy atom. The van der Waals surface area contributed by atoms with Crippen molar-refractivity contribution in [1.82, 2.24) is 0 Å². The van der Waals surface area contributed by atoms with E-state index in [0.29, 0.717) is 24.2 Å². The highest BCUT2D eigenvalue weighted by Crippen LogP contribution is 2.31. The van der Waals surface area contributed by atoms with Crippen molar-refractivity contribution >= 4 is 27.7 Å². The van der Waals surface area contributed by atoms with Crippen LogP contribution in [0, 0.1) is 0 Å². The van der Waals surface area contributed by atoms with Crippen molar-refractivity contribution in [2.75, 3.05) is 7.11 Å². The lowest BCUT2D eigenvalue weighted by Crippen LogP contribution is -2.27. The summed E-state index contributed by atoms with van der Waals surface area (Å²) in [6.45, 7) is 0. The van der Waals surface area contributed by atoms with Crippen LogP contribution in [0.5, 0.6) is 5.75 Å². The number of rotatable bonds is 3. The second-order valence-electron chi connectivity index (χ2n) is 4.12. The highest BCUT2D eigenvalue weighted by Gasteiger charge is 2.26. The van der Waals surface area contributed by atoms with E-state index in [9.17, 15) is 9.59 Å². The minimum Gasteiger partial charge on any atom is -0.489 e. The molecule has 0 spiro atoms. The van der Waals surface area contributed by atoms with Gasteiger partial charge in [-0.25, -0.2) is 0 Å². The third-order valence-electron chi connectivity index (χ3n) is 2.85. The van der Waals surface area contributed by atoms with Gasteiger partial charge in [0.25, 0.3) is 0 Å². The second kappa shape index (κ2) is 5.52. The van der Waals surface area contributed by atoms with Crippen LogP contribution in [0.1, 0.15) is 29.6 Å². The molecule has 2 rings (SSSR count). The van der Waals surface area contributed by atoms with Gasteiger partial charge < -0.3 is 9.47 Å². The molecule has 1 aliphatic heterocycles. The minimum absolute atomic E-state index is 0.0485. The first-order valence-corrected chi connectivity index (χ1v) is 6.45. The first kappa shape index (κ1) is 13.1. The van der Waals surface area contributed by atoms with Gasteiger partial charge in [0, 0.05) is 17.3 Å². The van der Waals surface area contributed by atoms with Crippen molar-refractivity contribution < 1.29 is 19.1 Å². The van der Waals surface area contributed by atoms with Gasteiger partial charge in [0.05, 0.1) is 12.7 Å². The first-order chi connectivity index (χ1) is 8.60. The molecule has 0 radical (unpaired) electrons. The number of methoxy groups -OCH3 is 1. The molecule has 0 bridgehead atoms. The lowest BCUT2D eigenvalue weighted by molar-refractivity contribution is -0.141. The van der Waals surface area contributed by atoms with Crippen molar-refractivity contribution in [3.63, 3.8) is 0 Å². The summed E-state index contributed by atoms with van der Waals surface area (Å²) >= 11 is 3.32. The van der Waals surface area contributed by atoms with Crippen molar-refractivity contribution in [3.05, 3.63) is 28.2 Å². The van der Waals surface area contributed by atoms with Crippen molar-refractivity contribution in [2.45, 2.75) is 25.4 Å². The van der Waals surface area contributed by atoms with Gasteiger partial charge in [-0.05, 0) is 24.6 Å². The summed E-state index contributed by atoms with van der Waals surface area (Å²) < 4.78 is 11.1. The van der Waals surface area contributed by atoms with Gasteiger partial charge >= 0.3 is 5.97 Å². The lowest BCUT2D eigenvalue weighted by atomic mass is 9.98. The molecule has 1 aliphatic rings. The summed E-state index contributed by atoms with van der Waals surface area (Å²) in [5.74, 6) is 0.351. The van der Waals surface area contributed by atoms with E-state index in [1.165, 1.54) is 7.11 Å². The number of ketones is 1. The molecule has 1 heterocycles. The highest BCUT2D eigenvalue weighted by molar-refractivity contribution is 9.10. The Bertz CT molecular complexity index is 484. The number of halogens is 1. The van der Waals surface area contributed by atoms with Crippen molar-refractivity contribution in [1.29, 1.82) is 0 Å². The van der Waals surface area contributed by atoms with Gasteiger partial charge in [0.2, 0.25) is 0 Å². The number of benzene rings is 1. The topological polar surface area (TPSA) is 52.6 Å². The smallest absolute Gasteiger partial charge is 0.305 e. The van der Waals surface area contributed by atoms with E-state index in [0.717, 1.165) is 4.47 Å². The van der Waals surface area contributed by atoms with Gasteiger partial charge in [-0.1, -0.05) is 15.9 Å². The summed E-state index contributed by atoms with van der Waals surface area (Å²) in [6, 6.07) is 5.35. The molecule has 0 saturated heterocycles. The summed E-state index contributed by atoms with van der Waals surface area (Å²) in [6.07, 6.45) is 0.819. The monoisotopic (exact) mass is 312 g/mol. The Hall–Kier alpha value is -1.36. The van der Waals surface area contributed by atoms with E-state index in [1.54, 1.807) is 12.1 Å². The maximum Gasteiger partial charge on any atom is 0.305 e. The number of fused-ring (bicyclic) bond motifs is 1. The standard InChI is InChI=1S/C13H13BrO4/c1-17-13(16)5-3-9-7-11(15)10-6-8(14)2-4-12(10)18-9/h2,4,6,9H,3,5,7H2,1H3/t9-/m0/s1. The quantitative estimate of drug-likeness (QED) is 0.805. The average molecular weight is 313 g/mol. The molecule has 0 unspecified atom stereocenters. The van der Waals surface area contributed by atoms with Crippen molar-refractivity contribution in [3.8, 4) is 5.75 Å². The van der Waals surface area contributed by atoms with E-state index >= 15 is 0 Å². The number of hydrogen-bond acceptors (Lipinski definition) is 4. The van der Waals surface area contributed by atoms with E-state index in [-0.39, 0.29) is 24.3 Å². The average Bonchev–Trinajstić information content (AvgIpc) is 2.37. The Balaban J connectivity index is 2.06. The maximum absolute atomic E-state index is 11.9. The van der Waals surface area contributed by atoms with E-state index < -0.39 is 0 Å². The van der Waals surface area contributed by atoms with Crippen LogP contribution in [0.2, 0.25) is 0 Å². The molecule has 1 atom stereocenters. The van der Waals surface area contributed by atoms with Crippen LogP contribution >= 0.6 is 15.9 Å². The van der Waals surface area contributed by atoms with E-state index in [4.69, 9.17) is 4.74 Å². The third-order valence-corrected chi connectivity index (χ3v) is 3.34. The second-order valence-corrected chi connectivity index (χ2v) is 5.04. The molecule has 0 aliphatic carbocycles. The summed E-state index contributed by atoms with van der Waals surface area (Å²) in [5.41, 5.74) is 0.596. The Morgan fingerprint density at radius 2 is 2.33 bits per heavy atom. The normalized spacial score (nSPS) is 17.9. The molecule has 0 amide bonds. The van der Waals surface area contributed by atoms with Crippen LogP contribution in [-0.2, 0) is 9.53 Å². The van der Waals surface area contributed by atoms with Gasteiger partial charge in [-0.3, -0.25) is 9.59 Å². The predicted molar refractivity (Wildman–Crippen MR) is 68.8 cm³/mol. The number of hydrogen-bond donors (Lipinski definition) is 0. The van der Waals surface area contributed by atoms with Gasteiger partial charge in [0.1, 0.15) is 11.9 Å². The van der Waals surface area contributed by atoms with Gasteiger partial charge in [-0.2, -0.15) is 0 Å². The molecule has 0 N–H and O–H groups in total. The molecule has 1 aromatic rings. The molecular formula is C13H13BrO4. The van der Waals surface area contributed by atoms with Crippen LogP contribution in [-0.4, -0.2) is 25.0 Å². The van der Waals surface area contributed by atoms with Crippen LogP contribution in [0.15, 0.2) is 22.7 Å². The molecular weight excluding hydrogens is 300 g/mol. The molecule has 4 nitrogen and oxygen atoms in total. The molecule has 0 aromatic heterocycles. The Kier molecular flexibility index (Phi) is 4.01. The van der Waals surface area contributed by atoms with E-state index in [1.807, 2.05) is 6.07 Å². The fraction of sp³-hybridized carbons (Fsp3) is 0.385. The van der Waals surface area contributed by atoms with Crippen LogP contribution in [0.25, 0.3) is 0 Å². The van der Waals surface area contributed by atoms with Crippen LogP contribution in [0.3, 0.4) is 0 Å². The Morgan fingerprint density at radius 1 is 1.56 bits per heavy atom. The van der Waals surface area contributed by atoms with Gasteiger partial charge in [-0.15, -0.1) is 0 Å². The first-order valence-electron chi connectivity index (χ1n) is 5.66.